The molecule has 0 spiro atoms. The van der Waals surface area contributed by atoms with Crippen molar-refractivity contribution in [1.82, 2.24) is 10.3 Å². The number of halogens is 2. The maximum atomic E-state index is 13.1. The molecule has 154 valence electrons. The Labute approximate surface area is 188 Å². The van der Waals surface area contributed by atoms with E-state index in [0.717, 1.165) is 10.9 Å². The van der Waals surface area contributed by atoms with Gasteiger partial charge >= 0.3 is 0 Å². The summed E-state index contributed by atoms with van der Waals surface area (Å²) >= 11 is 12.4. The van der Waals surface area contributed by atoms with E-state index in [0.29, 0.717) is 21.8 Å². The maximum Gasteiger partial charge on any atom is 0.272 e. The first-order chi connectivity index (χ1) is 15.0. The molecule has 1 heterocycles. The Morgan fingerprint density at radius 1 is 0.903 bits per heavy atom. The number of aromatic amines is 1. The number of hydrogen-bond acceptors (Lipinski definition) is 2. The molecule has 31 heavy (non-hydrogen) atoms. The lowest BCUT2D eigenvalue weighted by molar-refractivity contribution is -0.113. The van der Waals surface area contributed by atoms with Crippen LogP contribution in [-0.4, -0.2) is 16.8 Å². The molecule has 2 amide bonds. The molecule has 7 heteroatoms. The highest BCUT2D eigenvalue weighted by Gasteiger charge is 2.16. The van der Waals surface area contributed by atoms with Crippen molar-refractivity contribution in [2.75, 3.05) is 5.32 Å². The van der Waals surface area contributed by atoms with Crippen LogP contribution >= 0.6 is 23.2 Å². The van der Waals surface area contributed by atoms with Gasteiger partial charge in [-0.25, -0.2) is 0 Å². The van der Waals surface area contributed by atoms with Crippen molar-refractivity contribution in [2.24, 2.45) is 0 Å². The number of H-pyrrole nitrogens is 1. The second kappa shape index (κ2) is 9.08. The molecule has 3 aromatic carbocycles. The van der Waals surface area contributed by atoms with Crippen molar-refractivity contribution in [1.29, 1.82) is 0 Å². The zero-order chi connectivity index (χ0) is 21.8. The Kier molecular flexibility index (Phi) is 6.07. The number of benzene rings is 3. The summed E-state index contributed by atoms with van der Waals surface area (Å²) in [5.41, 5.74) is 2.43. The highest BCUT2D eigenvalue weighted by atomic mass is 35.5. The van der Waals surface area contributed by atoms with Gasteiger partial charge in [0.1, 0.15) is 5.70 Å². The van der Waals surface area contributed by atoms with Gasteiger partial charge in [0, 0.05) is 23.0 Å². The van der Waals surface area contributed by atoms with Crippen molar-refractivity contribution in [3.05, 3.63) is 106 Å². The lowest BCUT2D eigenvalue weighted by Crippen LogP contribution is -2.30. The van der Waals surface area contributed by atoms with Crippen molar-refractivity contribution in [2.45, 2.75) is 0 Å². The van der Waals surface area contributed by atoms with Gasteiger partial charge in [-0.2, -0.15) is 0 Å². The number of carbonyl (C=O) groups excluding carboxylic acids is 2. The van der Waals surface area contributed by atoms with Crippen LogP contribution in [0.3, 0.4) is 0 Å². The van der Waals surface area contributed by atoms with Crippen molar-refractivity contribution in [3.63, 3.8) is 0 Å². The molecule has 0 aliphatic carbocycles. The molecule has 0 aliphatic heterocycles. The first kappa shape index (κ1) is 20.7. The van der Waals surface area contributed by atoms with E-state index in [1.165, 1.54) is 6.08 Å². The number of fused-ring (bicyclic) bond motifs is 1. The van der Waals surface area contributed by atoms with E-state index < -0.39 is 11.8 Å². The quantitative estimate of drug-likeness (QED) is 0.332. The summed E-state index contributed by atoms with van der Waals surface area (Å²) in [5.74, 6) is -0.911. The lowest BCUT2D eigenvalue weighted by atomic mass is 10.1. The van der Waals surface area contributed by atoms with E-state index >= 15 is 0 Å². The minimum Gasteiger partial charge on any atom is -0.361 e. The van der Waals surface area contributed by atoms with Gasteiger partial charge in [-0.05, 0) is 53.4 Å². The third kappa shape index (κ3) is 4.79. The van der Waals surface area contributed by atoms with E-state index in [2.05, 4.69) is 15.6 Å². The summed E-state index contributed by atoms with van der Waals surface area (Å²) in [6.45, 7) is 0. The molecule has 0 atom stereocenters. The molecule has 0 unspecified atom stereocenters. The molecule has 0 radical (unpaired) electrons. The van der Waals surface area contributed by atoms with E-state index in [9.17, 15) is 9.59 Å². The van der Waals surface area contributed by atoms with E-state index in [4.69, 9.17) is 23.2 Å². The zero-order valence-corrected chi connectivity index (χ0v) is 17.7. The molecule has 4 aromatic rings. The summed E-state index contributed by atoms with van der Waals surface area (Å²) in [4.78, 5) is 28.9. The average Bonchev–Trinajstić information content (AvgIpc) is 3.24. The first-order valence-electron chi connectivity index (χ1n) is 9.42. The first-order valence-corrected chi connectivity index (χ1v) is 10.2. The van der Waals surface area contributed by atoms with E-state index in [1.807, 2.05) is 30.5 Å². The molecule has 5 nitrogen and oxygen atoms in total. The van der Waals surface area contributed by atoms with Gasteiger partial charge < -0.3 is 15.6 Å². The largest absolute Gasteiger partial charge is 0.361 e. The van der Waals surface area contributed by atoms with Crippen LogP contribution in [0.1, 0.15) is 15.9 Å². The Morgan fingerprint density at radius 3 is 2.52 bits per heavy atom. The standard InChI is InChI=1S/C24H17Cl2N3O2/c25-19-8-4-7-17(22(19)26)13-21(29-23(30)16-5-2-1-3-6-16)24(31)28-18-10-9-15-11-12-27-20(15)14-18/h1-14,27H,(H,28,31)(H,29,30)/b21-13+. The Morgan fingerprint density at radius 2 is 1.71 bits per heavy atom. The molecule has 3 N–H and O–H groups in total. The predicted octanol–water partition coefficient (Wildman–Crippen LogP) is 5.88. The zero-order valence-electron chi connectivity index (χ0n) is 16.2. The van der Waals surface area contributed by atoms with E-state index in [-0.39, 0.29) is 10.7 Å². The molecule has 4 rings (SSSR count). The number of aromatic nitrogens is 1. The summed E-state index contributed by atoms with van der Waals surface area (Å²) < 4.78 is 0. The predicted molar refractivity (Wildman–Crippen MR) is 125 cm³/mol. The van der Waals surface area contributed by atoms with Gasteiger partial charge in [-0.15, -0.1) is 0 Å². The van der Waals surface area contributed by atoms with Crippen LogP contribution in [0.15, 0.2) is 84.7 Å². The van der Waals surface area contributed by atoms with Crippen LogP contribution in [0.4, 0.5) is 5.69 Å². The number of rotatable bonds is 5. The molecule has 0 saturated heterocycles. The number of carbonyl (C=O) groups is 2. The highest BCUT2D eigenvalue weighted by Crippen LogP contribution is 2.27. The molecule has 0 fully saturated rings. The van der Waals surface area contributed by atoms with Crippen molar-refractivity contribution < 1.29 is 9.59 Å². The van der Waals surface area contributed by atoms with Crippen LogP contribution in [0.5, 0.6) is 0 Å². The number of hydrogen-bond donors (Lipinski definition) is 3. The summed E-state index contributed by atoms with van der Waals surface area (Å²) in [6.07, 6.45) is 3.32. The molecule has 1 aromatic heterocycles. The van der Waals surface area contributed by atoms with Crippen LogP contribution in [0.25, 0.3) is 17.0 Å². The average molecular weight is 450 g/mol. The minimum atomic E-state index is -0.494. The Hall–Kier alpha value is -3.54. The second-order valence-electron chi connectivity index (χ2n) is 6.76. The summed E-state index contributed by atoms with van der Waals surface area (Å²) in [5, 5.41) is 7.16. The van der Waals surface area contributed by atoms with Gasteiger partial charge in [0.25, 0.3) is 11.8 Å². The fourth-order valence-corrected chi connectivity index (χ4v) is 3.42. The monoisotopic (exact) mass is 449 g/mol. The number of amides is 2. The summed E-state index contributed by atoms with van der Waals surface area (Å²) in [6, 6.07) is 21.1. The number of anilines is 1. The fourth-order valence-electron chi connectivity index (χ4n) is 3.05. The molecular formula is C24H17Cl2N3O2. The van der Waals surface area contributed by atoms with E-state index in [1.54, 1.807) is 48.5 Å². The SMILES string of the molecule is O=C(Nc1ccc2cc[nH]c2c1)/C(=C\c1cccc(Cl)c1Cl)NC(=O)c1ccccc1. The van der Waals surface area contributed by atoms with Gasteiger partial charge in [0.05, 0.1) is 10.0 Å². The van der Waals surface area contributed by atoms with Crippen molar-refractivity contribution in [3.8, 4) is 0 Å². The van der Waals surface area contributed by atoms with Gasteiger partial charge in [0.15, 0.2) is 0 Å². The molecule has 0 bridgehead atoms. The van der Waals surface area contributed by atoms with Gasteiger partial charge in [-0.1, -0.05) is 59.6 Å². The van der Waals surface area contributed by atoms with Crippen LogP contribution in [0, 0.1) is 0 Å². The molecule has 0 saturated carbocycles. The Bertz CT molecular complexity index is 1300. The topological polar surface area (TPSA) is 74.0 Å². The Balaban J connectivity index is 1.66. The van der Waals surface area contributed by atoms with Gasteiger partial charge in [-0.3, -0.25) is 9.59 Å². The third-order valence-corrected chi connectivity index (χ3v) is 5.46. The highest BCUT2D eigenvalue weighted by molar-refractivity contribution is 6.43. The minimum absolute atomic E-state index is 0.0320. The van der Waals surface area contributed by atoms with Gasteiger partial charge in [0.2, 0.25) is 0 Å². The molecular weight excluding hydrogens is 433 g/mol. The molecule has 0 aliphatic rings. The normalized spacial score (nSPS) is 11.4. The lowest BCUT2D eigenvalue weighted by Gasteiger charge is -2.12. The smallest absolute Gasteiger partial charge is 0.272 e. The van der Waals surface area contributed by atoms with Crippen LogP contribution < -0.4 is 10.6 Å². The fraction of sp³-hybridized carbons (Fsp3) is 0. The number of nitrogens with one attached hydrogen (secondary N) is 3. The maximum absolute atomic E-state index is 13.1. The van der Waals surface area contributed by atoms with Crippen molar-refractivity contribution >= 4 is 57.7 Å². The van der Waals surface area contributed by atoms with Crippen LogP contribution in [-0.2, 0) is 4.79 Å². The second-order valence-corrected chi connectivity index (χ2v) is 7.54. The van der Waals surface area contributed by atoms with Crippen LogP contribution in [0.2, 0.25) is 10.0 Å². The summed E-state index contributed by atoms with van der Waals surface area (Å²) in [7, 11) is 0. The third-order valence-electron chi connectivity index (χ3n) is 4.62.